The number of hydrogen-bond donors (Lipinski definition) is 0. The fourth-order valence-corrected chi connectivity index (χ4v) is 4.66. The second kappa shape index (κ2) is 6.99. The van der Waals surface area contributed by atoms with Crippen LogP contribution in [0.5, 0.6) is 17.2 Å². The second-order valence-corrected chi connectivity index (χ2v) is 8.10. The predicted molar refractivity (Wildman–Crippen MR) is 111 cm³/mol. The molecule has 1 saturated heterocycles. The maximum Gasteiger partial charge on any atom is 0.232 e. The number of piperidine rings is 1. The number of fused-ring (bicyclic) bond motifs is 3. The van der Waals surface area contributed by atoms with Crippen molar-refractivity contribution in [2.75, 3.05) is 19.9 Å². The molecule has 152 valence electrons. The Kier molecular flexibility index (Phi) is 4.13. The van der Waals surface area contributed by atoms with Crippen LogP contribution in [-0.2, 0) is 13.1 Å². The first-order chi connectivity index (χ1) is 14.8. The van der Waals surface area contributed by atoms with Gasteiger partial charge in [0.2, 0.25) is 12.6 Å². The summed E-state index contributed by atoms with van der Waals surface area (Å²) in [6, 6.07) is 9.84. The minimum absolute atomic E-state index is 0.129. The number of ether oxygens (including phenoxy) is 3. The monoisotopic (exact) mass is 402 g/mol. The molecule has 0 aromatic heterocycles. The zero-order valence-corrected chi connectivity index (χ0v) is 16.6. The summed E-state index contributed by atoms with van der Waals surface area (Å²) in [5.41, 5.74) is 4.47. The molecule has 2 aromatic carbocycles. The fraction of sp³-hybridized carbons (Fsp3) is 0.333. The molecule has 0 radical (unpaired) electrons. The standard InChI is InChI=1S/C24H22N2O4/c27-22-17-10-21-24(29-14-28-21)18(13-26-8-4-1-5-9-26)23(17)30-20(22)11-19-16-7-3-2-6-15(16)12-25-19/h2-3,6-7,10-11H,1,4-5,8-9,12-14H2/b20-11-. The van der Waals surface area contributed by atoms with Crippen molar-refractivity contribution in [2.45, 2.75) is 32.4 Å². The number of aliphatic imine (C=N–C) groups is 1. The number of benzene rings is 2. The third-order valence-corrected chi connectivity index (χ3v) is 6.20. The van der Waals surface area contributed by atoms with E-state index in [2.05, 4.69) is 16.0 Å². The summed E-state index contributed by atoms with van der Waals surface area (Å²) in [7, 11) is 0. The van der Waals surface area contributed by atoms with Gasteiger partial charge in [-0.05, 0) is 37.6 Å². The Bertz CT molecular complexity index is 1110. The number of carbonyl (C=O) groups is 1. The van der Waals surface area contributed by atoms with Gasteiger partial charge in [0, 0.05) is 18.2 Å². The van der Waals surface area contributed by atoms with E-state index in [0.29, 0.717) is 41.7 Å². The molecule has 6 rings (SSSR count). The molecule has 4 heterocycles. The summed E-state index contributed by atoms with van der Waals surface area (Å²) in [5.74, 6) is 2.12. The van der Waals surface area contributed by atoms with Crippen LogP contribution in [0.2, 0.25) is 0 Å². The highest BCUT2D eigenvalue weighted by atomic mass is 16.7. The number of Topliss-reactive ketones (excluding diaryl/α,β-unsaturated/α-hetero) is 1. The molecular formula is C24H22N2O4. The van der Waals surface area contributed by atoms with Gasteiger partial charge in [0.25, 0.3) is 0 Å². The van der Waals surface area contributed by atoms with Crippen molar-refractivity contribution in [3.05, 3.63) is 64.4 Å². The van der Waals surface area contributed by atoms with Gasteiger partial charge in [-0.2, -0.15) is 0 Å². The number of ketones is 1. The largest absolute Gasteiger partial charge is 0.454 e. The van der Waals surface area contributed by atoms with Crippen LogP contribution in [0.1, 0.15) is 46.3 Å². The maximum absolute atomic E-state index is 13.2. The van der Waals surface area contributed by atoms with Crippen LogP contribution in [0.4, 0.5) is 0 Å². The molecule has 0 spiro atoms. The van der Waals surface area contributed by atoms with Crippen LogP contribution in [0, 0.1) is 0 Å². The molecule has 6 heteroatoms. The van der Waals surface area contributed by atoms with Crippen molar-refractivity contribution in [1.29, 1.82) is 0 Å². The van der Waals surface area contributed by atoms with Gasteiger partial charge < -0.3 is 14.2 Å². The molecule has 0 saturated carbocycles. The zero-order chi connectivity index (χ0) is 20.1. The average Bonchev–Trinajstić information content (AvgIpc) is 3.48. The number of rotatable bonds is 3. The highest BCUT2D eigenvalue weighted by Gasteiger charge is 2.36. The van der Waals surface area contributed by atoms with E-state index in [-0.39, 0.29) is 12.6 Å². The third kappa shape index (κ3) is 2.82. The van der Waals surface area contributed by atoms with E-state index in [1.807, 2.05) is 18.2 Å². The van der Waals surface area contributed by atoms with Gasteiger partial charge in [-0.3, -0.25) is 14.7 Å². The predicted octanol–water partition coefficient (Wildman–Crippen LogP) is 3.86. The molecule has 4 aliphatic rings. The molecule has 0 N–H and O–H groups in total. The zero-order valence-electron chi connectivity index (χ0n) is 16.6. The van der Waals surface area contributed by atoms with E-state index in [1.165, 1.54) is 24.8 Å². The van der Waals surface area contributed by atoms with Crippen LogP contribution in [0.25, 0.3) is 0 Å². The molecule has 30 heavy (non-hydrogen) atoms. The topological polar surface area (TPSA) is 60.4 Å². The lowest BCUT2D eigenvalue weighted by Crippen LogP contribution is -2.29. The molecule has 2 aromatic rings. The molecule has 6 nitrogen and oxygen atoms in total. The molecule has 1 fully saturated rings. The van der Waals surface area contributed by atoms with Gasteiger partial charge in [0.1, 0.15) is 5.75 Å². The van der Waals surface area contributed by atoms with E-state index in [4.69, 9.17) is 14.2 Å². The van der Waals surface area contributed by atoms with Gasteiger partial charge in [0.15, 0.2) is 17.3 Å². The van der Waals surface area contributed by atoms with E-state index in [9.17, 15) is 4.79 Å². The summed E-state index contributed by atoms with van der Waals surface area (Å²) >= 11 is 0. The number of likely N-dealkylation sites (tertiary alicyclic amines) is 1. The van der Waals surface area contributed by atoms with Crippen LogP contribution in [0.3, 0.4) is 0 Å². The summed E-state index contributed by atoms with van der Waals surface area (Å²) in [5, 5.41) is 0. The highest BCUT2D eigenvalue weighted by molar-refractivity contribution is 6.19. The minimum atomic E-state index is -0.129. The molecule has 0 bridgehead atoms. The number of nitrogens with zero attached hydrogens (tertiary/aromatic N) is 2. The third-order valence-electron chi connectivity index (χ3n) is 6.20. The lowest BCUT2D eigenvalue weighted by molar-refractivity contribution is 0.101. The molecule has 0 unspecified atom stereocenters. The average molecular weight is 402 g/mol. The van der Waals surface area contributed by atoms with Gasteiger partial charge in [0.05, 0.1) is 23.4 Å². The second-order valence-electron chi connectivity index (χ2n) is 8.10. The lowest BCUT2D eigenvalue weighted by Gasteiger charge is -2.27. The molecule has 0 amide bonds. The Labute approximate surface area is 174 Å². The van der Waals surface area contributed by atoms with Gasteiger partial charge >= 0.3 is 0 Å². The molecule has 4 aliphatic heterocycles. The van der Waals surface area contributed by atoms with Crippen LogP contribution in [0.15, 0.2) is 47.2 Å². The molecule has 0 aliphatic carbocycles. The Morgan fingerprint density at radius 1 is 1.03 bits per heavy atom. The Morgan fingerprint density at radius 2 is 1.90 bits per heavy atom. The molecular weight excluding hydrogens is 380 g/mol. The van der Waals surface area contributed by atoms with E-state index >= 15 is 0 Å². The van der Waals surface area contributed by atoms with Crippen molar-refractivity contribution >= 4 is 11.5 Å². The summed E-state index contributed by atoms with van der Waals surface area (Å²) in [6.07, 6.45) is 5.43. The van der Waals surface area contributed by atoms with Crippen molar-refractivity contribution in [3.8, 4) is 17.2 Å². The number of hydrogen-bond acceptors (Lipinski definition) is 6. The van der Waals surface area contributed by atoms with E-state index < -0.39 is 0 Å². The van der Waals surface area contributed by atoms with E-state index in [1.54, 1.807) is 12.1 Å². The quantitative estimate of drug-likeness (QED) is 0.730. The van der Waals surface area contributed by atoms with Gasteiger partial charge in [-0.25, -0.2) is 0 Å². The van der Waals surface area contributed by atoms with Crippen molar-refractivity contribution < 1.29 is 19.0 Å². The summed E-state index contributed by atoms with van der Waals surface area (Å²) < 4.78 is 17.6. The Balaban J connectivity index is 1.37. The van der Waals surface area contributed by atoms with Gasteiger partial charge in [-0.1, -0.05) is 30.7 Å². The Hall–Kier alpha value is -3.12. The van der Waals surface area contributed by atoms with Crippen LogP contribution >= 0.6 is 0 Å². The first kappa shape index (κ1) is 17.7. The lowest BCUT2D eigenvalue weighted by atomic mass is 10.0. The molecule has 0 atom stereocenters. The minimum Gasteiger partial charge on any atom is -0.454 e. The highest BCUT2D eigenvalue weighted by Crippen LogP contribution is 2.48. The van der Waals surface area contributed by atoms with E-state index in [0.717, 1.165) is 29.9 Å². The maximum atomic E-state index is 13.2. The van der Waals surface area contributed by atoms with Crippen LogP contribution in [-0.4, -0.2) is 36.3 Å². The van der Waals surface area contributed by atoms with Crippen molar-refractivity contribution in [3.63, 3.8) is 0 Å². The number of carbonyl (C=O) groups excluding carboxylic acids is 1. The first-order valence-corrected chi connectivity index (χ1v) is 10.5. The SMILES string of the molecule is O=C1/C(=C/C2=NCc3ccccc32)Oc2c1cc1c(c2CN2CCCCC2)OCO1. The van der Waals surface area contributed by atoms with Crippen molar-refractivity contribution in [2.24, 2.45) is 4.99 Å². The van der Waals surface area contributed by atoms with Crippen molar-refractivity contribution in [1.82, 2.24) is 4.90 Å². The summed E-state index contributed by atoms with van der Waals surface area (Å²) in [6.45, 7) is 3.59. The fourth-order valence-electron chi connectivity index (χ4n) is 4.66. The van der Waals surface area contributed by atoms with Gasteiger partial charge in [-0.15, -0.1) is 0 Å². The first-order valence-electron chi connectivity index (χ1n) is 10.5. The normalized spacial score (nSPS) is 20.9. The smallest absolute Gasteiger partial charge is 0.232 e. The Morgan fingerprint density at radius 3 is 2.80 bits per heavy atom. The summed E-state index contributed by atoms with van der Waals surface area (Å²) in [4.78, 5) is 20.2. The number of allylic oxidation sites excluding steroid dienone is 2. The van der Waals surface area contributed by atoms with Crippen LogP contribution < -0.4 is 14.2 Å².